The number of ether oxygens (including phenoxy) is 1. The lowest BCUT2D eigenvalue weighted by molar-refractivity contribution is 0.105. The monoisotopic (exact) mass is 305 g/mol. The summed E-state index contributed by atoms with van der Waals surface area (Å²) in [5.41, 5.74) is 0.985. The molecule has 0 atom stereocenters. The zero-order chi connectivity index (χ0) is 15.5. The molecule has 0 radical (unpaired) electrons. The summed E-state index contributed by atoms with van der Waals surface area (Å²) in [5.74, 6) is 1.64. The van der Waals surface area contributed by atoms with E-state index in [0.29, 0.717) is 19.8 Å². The molecule has 0 bridgehead atoms. The third-order valence-electron chi connectivity index (χ3n) is 2.89. The van der Waals surface area contributed by atoms with Crippen molar-refractivity contribution in [2.75, 3.05) is 19.7 Å². The van der Waals surface area contributed by atoms with Gasteiger partial charge in [0.05, 0.1) is 18.5 Å². The second-order valence-electron chi connectivity index (χ2n) is 4.69. The maximum Gasteiger partial charge on any atom is 0.191 e. The van der Waals surface area contributed by atoms with Crippen LogP contribution in [0.5, 0.6) is 0 Å². The van der Waals surface area contributed by atoms with E-state index in [9.17, 15) is 0 Å². The Hall–Kier alpha value is -2.28. The molecule has 0 unspecified atom stereocenters. The van der Waals surface area contributed by atoms with E-state index in [0.717, 1.165) is 36.9 Å². The van der Waals surface area contributed by atoms with Gasteiger partial charge in [0.15, 0.2) is 5.96 Å². The average Bonchev–Trinajstić information content (AvgIpc) is 3.21. The Balaban J connectivity index is 1.60. The number of furan rings is 1. The van der Waals surface area contributed by atoms with E-state index in [1.54, 1.807) is 12.5 Å². The fourth-order valence-corrected chi connectivity index (χ4v) is 1.83. The number of hydrogen-bond acceptors (Lipinski definition) is 4. The molecule has 0 saturated carbocycles. The topological polar surface area (TPSA) is 87.5 Å². The van der Waals surface area contributed by atoms with Gasteiger partial charge in [0.25, 0.3) is 0 Å². The van der Waals surface area contributed by atoms with Crippen molar-refractivity contribution in [2.45, 2.75) is 26.5 Å². The van der Waals surface area contributed by atoms with Gasteiger partial charge in [-0.1, -0.05) is 0 Å². The van der Waals surface area contributed by atoms with Gasteiger partial charge in [-0.15, -0.1) is 0 Å². The first kappa shape index (κ1) is 16.1. The van der Waals surface area contributed by atoms with Gasteiger partial charge < -0.3 is 19.8 Å². The van der Waals surface area contributed by atoms with Gasteiger partial charge in [-0.25, -0.2) is 4.99 Å². The Morgan fingerprint density at radius 3 is 3.09 bits per heavy atom. The summed E-state index contributed by atoms with van der Waals surface area (Å²) in [5, 5.41) is 13.3. The zero-order valence-corrected chi connectivity index (χ0v) is 12.8. The first-order valence-corrected chi connectivity index (χ1v) is 7.49. The van der Waals surface area contributed by atoms with Crippen molar-refractivity contribution in [3.8, 4) is 0 Å². The number of guanidine groups is 1. The largest absolute Gasteiger partial charge is 0.467 e. The summed E-state index contributed by atoms with van der Waals surface area (Å²) in [6.45, 7) is 5.43. The van der Waals surface area contributed by atoms with Crippen LogP contribution in [-0.2, 0) is 17.9 Å². The third kappa shape index (κ3) is 6.01. The molecule has 120 valence electrons. The van der Waals surface area contributed by atoms with Crippen LogP contribution in [-0.4, -0.2) is 35.9 Å². The van der Waals surface area contributed by atoms with Crippen LogP contribution in [0.1, 0.15) is 24.8 Å². The Morgan fingerprint density at radius 1 is 1.41 bits per heavy atom. The number of aliphatic imine (C=N–C) groups is 1. The summed E-state index contributed by atoms with van der Waals surface area (Å²) in [6, 6.07) is 5.68. The quantitative estimate of drug-likeness (QED) is 0.372. The van der Waals surface area contributed by atoms with Crippen LogP contribution in [0.2, 0.25) is 0 Å². The number of rotatable bonds is 9. The van der Waals surface area contributed by atoms with Crippen molar-refractivity contribution in [1.29, 1.82) is 0 Å². The standard InChI is InChI=1S/C15H23N5O2/c1-2-16-15(18-11-13-6-8-19-20-13)17-7-4-9-21-12-14-5-3-10-22-14/h3,5-6,8,10H,2,4,7,9,11-12H2,1H3,(H,19,20)(H2,16,17,18). The second-order valence-corrected chi connectivity index (χ2v) is 4.69. The van der Waals surface area contributed by atoms with E-state index in [1.807, 2.05) is 25.1 Å². The Bertz CT molecular complexity index is 522. The smallest absolute Gasteiger partial charge is 0.191 e. The Labute approximate surface area is 130 Å². The molecule has 2 heterocycles. The van der Waals surface area contributed by atoms with E-state index in [1.165, 1.54) is 0 Å². The number of nitrogens with one attached hydrogen (secondary N) is 3. The molecule has 2 aromatic heterocycles. The molecule has 2 rings (SSSR count). The molecule has 0 aliphatic carbocycles. The molecule has 2 aromatic rings. The van der Waals surface area contributed by atoms with Gasteiger partial charge >= 0.3 is 0 Å². The zero-order valence-electron chi connectivity index (χ0n) is 12.8. The number of aromatic amines is 1. The molecule has 0 aromatic carbocycles. The van der Waals surface area contributed by atoms with Crippen molar-refractivity contribution < 1.29 is 9.15 Å². The molecule has 0 aliphatic heterocycles. The molecule has 0 aliphatic rings. The highest BCUT2D eigenvalue weighted by atomic mass is 16.5. The van der Waals surface area contributed by atoms with Crippen molar-refractivity contribution >= 4 is 5.96 Å². The number of aromatic nitrogens is 2. The third-order valence-corrected chi connectivity index (χ3v) is 2.89. The van der Waals surface area contributed by atoms with E-state index in [-0.39, 0.29) is 0 Å². The minimum Gasteiger partial charge on any atom is -0.467 e. The minimum atomic E-state index is 0.515. The second kappa shape index (κ2) is 9.62. The predicted molar refractivity (Wildman–Crippen MR) is 84.4 cm³/mol. The van der Waals surface area contributed by atoms with E-state index in [4.69, 9.17) is 9.15 Å². The van der Waals surface area contributed by atoms with Crippen LogP contribution in [0, 0.1) is 0 Å². The van der Waals surface area contributed by atoms with Gasteiger partial charge in [0, 0.05) is 25.9 Å². The van der Waals surface area contributed by atoms with E-state index < -0.39 is 0 Å². The maximum atomic E-state index is 5.53. The van der Waals surface area contributed by atoms with Crippen LogP contribution < -0.4 is 10.6 Å². The Morgan fingerprint density at radius 2 is 2.36 bits per heavy atom. The number of hydrogen-bond donors (Lipinski definition) is 3. The highest BCUT2D eigenvalue weighted by Gasteiger charge is 1.99. The maximum absolute atomic E-state index is 5.53. The summed E-state index contributed by atoms with van der Waals surface area (Å²) in [6.07, 6.45) is 4.27. The average molecular weight is 305 g/mol. The van der Waals surface area contributed by atoms with Gasteiger partial charge in [-0.3, -0.25) is 5.10 Å². The van der Waals surface area contributed by atoms with Crippen LogP contribution in [0.4, 0.5) is 0 Å². The summed E-state index contributed by atoms with van der Waals surface area (Å²) in [7, 11) is 0. The van der Waals surface area contributed by atoms with Crippen LogP contribution >= 0.6 is 0 Å². The first-order chi connectivity index (χ1) is 10.9. The van der Waals surface area contributed by atoms with Crippen molar-refractivity contribution in [3.05, 3.63) is 42.1 Å². The molecule has 22 heavy (non-hydrogen) atoms. The summed E-state index contributed by atoms with van der Waals surface area (Å²) in [4.78, 5) is 4.48. The summed E-state index contributed by atoms with van der Waals surface area (Å²) >= 11 is 0. The lowest BCUT2D eigenvalue weighted by Gasteiger charge is -2.11. The van der Waals surface area contributed by atoms with Crippen molar-refractivity contribution in [2.24, 2.45) is 4.99 Å². The lowest BCUT2D eigenvalue weighted by Crippen LogP contribution is -2.38. The minimum absolute atomic E-state index is 0.515. The molecule has 7 heteroatoms. The lowest BCUT2D eigenvalue weighted by atomic mass is 10.4. The molecular formula is C15H23N5O2. The molecule has 0 fully saturated rings. The van der Waals surface area contributed by atoms with Crippen molar-refractivity contribution in [1.82, 2.24) is 20.8 Å². The predicted octanol–water partition coefficient (Wildman–Crippen LogP) is 1.66. The van der Waals surface area contributed by atoms with Crippen LogP contribution in [0.15, 0.2) is 40.1 Å². The number of nitrogens with zero attached hydrogens (tertiary/aromatic N) is 2. The first-order valence-electron chi connectivity index (χ1n) is 7.49. The Kier molecular flexibility index (Phi) is 7.04. The normalized spacial score (nSPS) is 11.6. The van der Waals surface area contributed by atoms with Gasteiger partial charge in [-0.05, 0) is 31.5 Å². The molecule has 7 nitrogen and oxygen atoms in total. The highest BCUT2D eigenvalue weighted by Crippen LogP contribution is 2.01. The van der Waals surface area contributed by atoms with Crippen molar-refractivity contribution in [3.63, 3.8) is 0 Å². The molecule has 0 spiro atoms. The van der Waals surface area contributed by atoms with Gasteiger partial charge in [-0.2, -0.15) is 5.10 Å². The molecular weight excluding hydrogens is 282 g/mol. The van der Waals surface area contributed by atoms with E-state index in [2.05, 4.69) is 25.8 Å². The van der Waals surface area contributed by atoms with Gasteiger partial charge in [0.2, 0.25) is 0 Å². The SMILES string of the molecule is CCNC(=NCc1ccn[nH]1)NCCCOCc1ccco1. The molecule has 3 N–H and O–H groups in total. The van der Waals surface area contributed by atoms with Gasteiger partial charge in [0.1, 0.15) is 12.4 Å². The highest BCUT2D eigenvalue weighted by molar-refractivity contribution is 5.79. The number of H-pyrrole nitrogens is 1. The van der Waals surface area contributed by atoms with Crippen LogP contribution in [0.3, 0.4) is 0 Å². The molecule has 0 amide bonds. The molecule has 0 saturated heterocycles. The summed E-state index contributed by atoms with van der Waals surface area (Å²) < 4.78 is 10.7. The van der Waals surface area contributed by atoms with E-state index >= 15 is 0 Å². The van der Waals surface area contributed by atoms with Crippen LogP contribution in [0.25, 0.3) is 0 Å². The fourth-order valence-electron chi connectivity index (χ4n) is 1.83. The fraction of sp³-hybridized carbons (Fsp3) is 0.467.